The predicted octanol–water partition coefficient (Wildman–Crippen LogP) is 1.65. The second-order valence-corrected chi connectivity index (χ2v) is 3.75. The third-order valence-electron chi connectivity index (χ3n) is 2.64. The summed E-state index contributed by atoms with van der Waals surface area (Å²) < 4.78 is 5.04. The molecular formula is C13H17N3O2. The molecule has 0 atom stereocenters. The molecule has 1 aromatic rings. The first-order valence-electron chi connectivity index (χ1n) is 5.73. The Labute approximate surface area is 107 Å². The molecular weight excluding hydrogens is 230 g/mol. The van der Waals surface area contributed by atoms with Crippen molar-refractivity contribution in [2.24, 2.45) is 0 Å². The zero-order valence-electron chi connectivity index (χ0n) is 10.6. The van der Waals surface area contributed by atoms with Crippen molar-refractivity contribution >= 4 is 11.6 Å². The Morgan fingerprint density at radius 2 is 2.28 bits per heavy atom. The molecule has 18 heavy (non-hydrogen) atoms. The quantitative estimate of drug-likeness (QED) is 0.802. The smallest absolute Gasteiger partial charge is 0.253 e. The van der Waals surface area contributed by atoms with Crippen LogP contribution in [-0.2, 0) is 0 Å². The fraction of sp³-hybridized carbons (Fsp3) is 0.385. The molecule has 1 rings (SSSR count). The number of hydrogen-bond acceptors (Lipinski definition) is 4. The number of benzene rings is 1. The van der Waals surface area contributed by atoms with Crippen molar-refractivity contribution < 1.29 is 9.53 Å². The number of methoxy groups -OCH3 is 1. The number of nitriles is 1. The summed E-state index contributed by atoms with van der Waals surface area (Å²) in [5.74, 6) is 0.425. The van der Waals surface area contributed by atoms with Gasteiger partial charge in [-0.1, -0.05) is 0 Å². The number of rotatable bonds is 5. The van der Waals surface area contributed by atoms with Gasteiger partial charge in [-0.2, -0.15) is 5.26 Å². The van der Waals surface area contributed by atoms with E-state index in [0.717, 1.165) is 0 Å². The van der Waals surface area contributed by atoms with Crippen LogP contribution < -0.4 is 10.5 Å². The fourth-order valence-corrected chi connectivity index (χ4v) is 1.64. The standard InChI is InChI=1S/C13H17N3O2/c1-3-16(8-4-7-14)13(17)10-5-6-12(18-2)11(15)9-10/h5-6,9H,3-4,8,15H2,1-2H3. The highest BCUT2D eigenvalue weighted by Crippen LogP contribution is 2.22. The highest BCUT2D eigenvalue weighted by molar-refractivity contribution is 5.95. The molecule has 2 N–H and O–H groups in total. The van der Waals surface area contributed by atoms with E-state index in [1.54, 1.807) is 23.1 Å². The predicted molar refractivity (Wildman–Crippen MR) is 69.2 cm³/mol. The zero-order valence-corrected chi connectivity index (χ0v) is 10.6. The first-order chi connectivity index (χ1) is 8.63. The molecule has 0 aliphatic carbocycles. The molecule has 0 heterocycles. The molecule has 0 bridgehead atoms. The van der Waals surface area contributed by atoms with Crippen molar-refractivity contribution in [3.05, 3.63) is 23.8 Å². The lowest BCUT2D eigenvalue weighted by atomic mass is 10.1. The number of nitrogen functional groups attached to an aromatic ring is 1. The van der Waals surface area contributed by atoms with Gasteiger partial charge in [-0.15, -0.1) is 0 Å². The van der Waals surface area contributed by atoms with Crippen LogP contribution in [0.1, 0.15) is 23.7 Å². The minimum absolute atomic E-state index is 0.123. The molecule has 0 spiro atoms. The van der Waals surface area contributed by atoms with E-state index < -0.39 is 0 Å². The second-order valence-electron chi connectivity index (χ2n) is 3.75. The van der Waals surface area contributed by atoms with Crippen LogP contribution in [0.2, 0.25) is 0 Å². The van der Waals surface area contributed by atoms with Gasteiger partial charge >= 0.3 is 0 Å². The van der Waals surface area contributed by atoms with Gasteiger partial charge in [0.15, 0.2) is 0 Å². The van der Waals surface area contributed by atoms with E-state index in [2.05, 4.69) is 0 Å². The lowest BCUT2D eigenvalue weighted by Gasteiger charge is -2.19. The molecule has 0 aromatic heterocycles. The van der Waals surface area contributed by atoms with Crippen molar-refractivity contribution in [2.75, 3.05) is 25.9 Å². The minimum Gasteiger partial charge on any atom is -0.495 e. The first-order valence-corrected chi connectivity index (χ1v) is 5.73. The fourth-order valence-electron chi connectivity index (χ4n) is 1.64. The zero-order chi connectivity index (χ0) is 13.5. The maximum Gasteiger partial charge on any atom is 0.253 e. The molecule has 0 saturated carbocycles. The molecule has 96 valence electrons. The van der Waals surface area contributed by atoms with Crippen molar-refractivity contribution in [2.45, 2.75) is 13.3 Å². The van der Waals surface area contributed by atoms with Gasteiger partial charge in [0, 0.05) is 18.7 Å². The van der Waals surface area contributed by atoms with Gasteiger partial charge in [0.05, 0.1) is 25.3 Å². The van der Waals surface area contributed by atoms with Crippen LogP contribution in [0.25, 0.3) is 0 Å². The molecule has 5 nitrogen and oxygen atoms in total. The molecule has 0 aliphatic heterocycles. The summed E-state index contributed by atoms with van der Waals surface area (Å²) in [6, 6.07) is 6.96. The van der Waals surface area contributed by atoms with Gasteiger partial charge in [-0.3, -0.25) is 4.79 Å². The van der Waals surface area contributed by atoms with Gasteiger partial charge < -0.3 is 15.4 Å². The SMILES string of the molecule is CCN(CCC#N)C(=O)c1ccc(OC)c(N)c1. The Balaban J connectivity index is 2.89. The van der Waals surface area contributed by atoms with Crippen LogP contribution in [0, 0.1) is 11.3 Å². The number of carbonyl (C=O) groups is 1. The second kappa shape index (κ2) is 6.50. The van der Waals surface area contributed by atoms with Crippen LogP contribution in [0.4, 0.5) is 5.69 Å². The van der Waals surface area contributed by atoms with E-state index in [0.29, 0.717) is 36.5 Å². The van der Waals surface area contributed by atoms with Crippen LogP contribution in [0.5, 0.6) is 5.75 Å². The molecule has 5 heteroatoms. The lowest BCUT2D eigenvalue weighted by molar-refractivity contribution is 0.0768. The number of amides is 1. The molecule has 1 amide bonds. The van der Waals surface area contributed by atoms with Gasteiger partial charge in [-0.05, 0) is 25.1 Å². The van der Waals surface area contributed by atoms with E-state index in [9.17, 15) is 4.79 Å². The van der Waals surface area contributed by atoms with Gasteiger partial charge in [-0.25, -0.2) is 0 Å². The number of carbonyl (C=O) groups excluding carboxylic acids is 1. The van der Waals surface area contributed by atoms with Gasteiger partial charge in [0.1, 0.15) is 5.75 Å². The average Bonchev–Trinajstić information content (AvgIpc) is 2.39. The van der Waals surface area contributed by atoms with E-state index in [1.807, 2.05) is 13.0 Å². The van der Waals surface area contributed by atoms with E-state index in [-0.39, 0.29) is 5.91 Å². The van der Waals surface area contributed by atoms with E-state index >= 15 is 0 Å². The molecule has 0 aliphatic rings. The summed E-state index contributed by atoms with van der Waals surface area (Å²) in [6.07, 6.45) is 0.325. The maximum absolute atomic E-state index is 12.2. The van der Waals surface area contributed by atoms with Crippen LogP contribution in [0.3, 0.4) is 0 Å². The Bertz CT molecular complexity index is 466. The number of ether oxygens (including phenoxy) is 1. The largest absolute Gasteiger partial charge is 0.495 e. The maximum atomic E-state index is 12.2. The highest BCUT2D eigenvalue weighted by Gasteiger charge is 2.14. The van der Waals surface area contributed by atoms with Crippen LogP contribution >= 0.6 is 0 Å². The molecule has 0 fully saturated rings. The number of hydrogen-bond donors (Lipinski definition) is 1. The van der Waals surface area contributed by atoms with Crippen molar-refractivity contribution in [3.63, 3.8) is 0 Å². The lowest BCUT2D eigenvalue weighted by Crippen LogP contribution is -2.31. The minimum atomic E-state index is -0.123. The molecule has 0 unspecified atom stereocenters. The third-order valence-corrected chi connectivity index (χ3v) is 2.64. The topological polar surface area (TPSA) is 79.3 Å². The summed E-state index contributed by atoms with van der Waals surface area (Å²) >= 11 is 0. The molecule has 0 saturated heterocycles. The summed E-state index contributed by atoms with van der Waals surface area (Å²) in [5.41, 5.74) is 6.70. The van der Waals surface area contributed by atoms with Crippen molar-refractivity contribution in [1.82, 2.24) is 4.90 Å². The van der Waals surface area contributed by atoms with Crippen molar-refractivity contribution in [1.29, 1.82) is 5.26 Å². The number of anilines is 1. The summed E-state index contributed by atoms with van der Waals surface area (Å²) in [5, 5.41) is 8.55. The monoisotopic (exact) mass is 247 g/mol. The van der Waals surface area contributed by atoms with E-state index in [4.69, 9.17) is 15.7 Å². The number of nitrogens with two attached hydrogens (primary N) is 1. The van der Waals surface area contributed by atoms with E-state index in [1.165, 1.54) is 7.11 Å². The van der Waals surface area contributed by atoms with Gasteiger partial charge in [0.25, 0.3) is 5.91 Å². The summed E-state index contributed by atoms with van der Waals surface area (Å²) in [7, 11) is 1.53. The average molecular weight is 247 g/mol. The van der Waals surface area contributed by atoms with Crippen molar-refractivity contribution in [3.8, 4) is 11.8 Å². The molecule has 0 radical (unpaired) electrons. The first kappa shape index (κ1) is 13.8. The normalized spacial score (nSPS) is 9.61. The number of nitrogens with zero attached hydrogens (tertiary/aromatic N) is 2. The summed E-state index contributed by atoms with van der Waals surface area (Å²) in [4.78, 5) is 13.8. The molecule has 1 aromatic carbocycles. The third kappa shape index (κ3) is 3.14. The van der Waals surface area contributed by atoms with Crippen LogP contribution in [0.15, 0.2) is 18.2 Å². The highest BCUT2D eigenvalue weighted by atomic mass is 16.5. The Morgan fingerprint density at radius 3 is 2.78 bits per heavy atom. The Hall–Kier alpha value is -2.22. The van der Waals surface area contributed by atoms with Crippen LogP contribution in [-0.4, -0.2) is 31.0 Å². The Morgan fingerprint density at radius 1 is 1.56 bits per heavy atom. The Kier molecular flexibility index (Phi) is 5.00. The summed E-state index contributed by atoms with van der Waals surface area (Å²) in [6.45, 7) is 2.87. The van der Waals surface area contributed by atoms with Gasteiger partial charge in [0.2, 0.25) is 0 Å².